The lowest BCUT2D eigenvalue weighted by molar-refractivity contribution is -0.384. The second-order valence-electron chi connectivity index (χ2n) is 6.79. The Morgan fingerprint density at radius 2 is 1.97 bits per heavy atom. The van der Waals surface area contributed by atoms with Gasteiger partial charge in [0.1, 0.15) is 17.2 Å². The zero-order chi connectivity index (χ0) is 23.5. The van der Waals surface area contributed by atoms with Crippen LogP contribution in [0.5, 0.6) is 11.5 Å². The molecule has 2 aromatic heterocycles. The van der Waals surface area contributed by atoms with Crippen LogP contribution in [0.1, 0.15) is 5.69 Å². The molecule has 4 rings (SSSR count). The van der Waals surface area contributed by atoms with Gasteiger partial charge in [0.15, 0.2) is 5.69 Å². The van der Waals surface area contributed by atoms with Crippen LogP contribution in [-0.4, -0.2) is 33.9 Å². The summed E-state index contributed by atoms with van der Waals surface area (Å²) in [5.74, 6) is 1.05. The quantitative estimate of drug-likeness (QED) is 0.233. The van der Waals surface area contributed by atoms with Crippen LogP contribution in [0, 0.1) is 17.0 Å². The van der Waals surface area contributed by atoms with E-state index < -0.39 is 10.5 Å². The number of rotatable bonds is 7. The fraction of sp³-hybridized carbons (Fsp3) is 0.143. The van der Waals surface area contributed by atoms with Gasteiger partial charge < -0.3 is 9.47 Å². The van der Waals surface area contributed by atoms with Gasteiger partial charge in [-0.2, -0.15) is 4.68 Å². The molecular weight excluding hydrogens is 448 g/mol. The number of H-pyrrole nitrogens is 1. The van der Waals surface area contributed by atoms with Gasteiger partial charge in [-0.3, -0.25) is 20.0 Å². The van der Waals surface area contributed by atoms with Crippen molar-refractivity contribution in [3.63, 3.8) is 0 Å². The summed E-state index contributed by atoms with van der Waals surface area (Å²) in [5, 5.41) is 24.4. The van der Waals surface area contributed by atoms with Gasteiger partial charge >= 0.3 is 5.56 Å². The Hall–Kier alpha value is -4.32. The second-order valence-corrected chi connectivity index (χ2v) is 7.62. The van der Waals surface area contributed by atoms with E-state index in [1.54, 1.807) is 42.6 Å². The van der Waals surface area contributed by atoms with Crippen LogP contribution in [-0.2, 0) is 0 Å². The van der Waals surface area contributed by atoms with Crippen molar-refractivity contribution in [2.24, 2.45) is 10.2 Å². The van der Waals surface area contributed by atoms with E-state index in [1.807, 2.05) is 0 Å². The lowest BCUT2D eigenvalue weighted by Gasteiger charge is -2.05. The second kappa shape index (κ2) is 9.04. The van der Waals surface area contributed by atoms with Crippen molar-refractivity contribution in [3.05, 3.63) is 74.0 Å². The van der Waals surface area contributed by atoms with Crippen molar-refractivity contribution in [1.82, 2.24) is 14.8 Å². The summed E-state index contributed by atoms with van der Waals surface area (Å²) in [4.78, 5) is 28.0. The van der Waals surface area contributed by atoms with E-state index in [1.165, 1.54) is 42.4 Å². The number of hydrogen-bond acceptors (Lipinski definition) is 9. The normalized spacial score (nSPS) is 11.1. The molecule has 2 aromatic carbocycles. The molecule has 168 valence electrons. The first-order valence-corrected chi connectivity index (χ1v) is 10.5. The molecule has 0 spiro atoms. The van der Waals surface area contributed by atoms with Crippen LogP contribution in [0.3, 0.4) is 0 Å². The predicted octanol–water partition coefficient (Wildman–Crippen LogP) is 4.94. The number of nitrogens with zero attached hydrogens (tertiary/aromatic N) is 5. The van der Waals surface area contributed by atoms with Crippen molar-refractivity contribution in [2.45, 2.75) is 6.92 Å². The average Bonchev–Trinajstić information content (AvgIpc) is 3.42. The molecule has 0 saturated heterocycles. The standard InChI is InChI=1S/C21H18N6O5S/c1-12-19(24-23-16-10-15(31-2)7-8-18(16)32-3)20(28)26(25-12)21-22-17(11-33-21)13-5-4-6-14(9-13)27(29)30/h4-11,25H,1-3H3. The van der Waals surface area contributed by atoms with Crippen molar-refractivity contribution in [2.75, 3.05) is 14.2 Å². The first-order valence-electron chi connectivity index (χ1n) is 9.57. The van der Waals surface area contributed by atoms with Gasteiger partial charge in [-0.05, 0) is 19.1 Å². The highest BCUT2D eigenvalue weighted by Gasteiger charge is 2.17. The minimum absolute atomic E-state index is 0.0365. The SMILES string of the molecule is COc1ccc(OC)c(N=Nc2c(C)[nH]n(-c3nc(-c4cccc([N+](=O)[O-])c4)cs3)c2=O)c1. The highest BCUT2D eigenvalue weighted by Crippen LogP contribution is 2.33. The molecular formula is C21H18N6O5S. The minimum atomic E-state index is -0.468. The topological polar surface area (TPSA) is 137 Å². The number of methoxy groups -OCH3 is 2. The number of non-ortho nitro benzene ring substituents is 1. The first kappa shape index (κ1) is 21.9. The summed E-state index contributed by atoms with van der Waals surface area (Å²) < 4.78 is 11.7. The number of nitrogens with one attached hydrogen (secondary N) is 1. The number of hydrogen-bond donors (Lipinski definition) is 1. The molecule has 0 amide bonds. The largest absolute Gasteiger partial charge is 0.497 e. The minimum Gasteiger partial charge on any atom is -0.497 e. The number of benzene rings is 2. The number of ether oxygens (including phenoxy) is 2. The summed E-state index contributed by atoms with van der Waals surface area (Å²) in [7, 11) is 3.05. The molecule has 2 heterocycles. The molecule has 12 heteroatoms. The third-order valence-corrected chi connectivity index (χ3v) is 5.55. The maximum absolute atomic E-state index is 13.0. The molecule has 4 aromatic rings. The van der Waals surface area contributed by atoms with Gasteiger partial charge in [0.25, 0.3) is 5.69 Å². The Kier molecular flexibility index (Phi) is 6.00. The molecule has 0 bridgehead atoms. The van der Waals surface area contributed by atoms with Crippen LogP contribution in [0.25, 0.3) is 16.4 Å². The maximum Gasteiger partial charge on any atom is 0.301 e. The summed E-state index contributed by atoms with van der Waals surface area (Å²) >= 11 is 1.22. The molecule has 0 fully saturated rings. The Balaban J connectivity index is 1.67. The molecule has 0 aliphatic carbocycles. The molecule has 0 saturated carbocycles. The zero-order valence-electron chi connectivity index (χ0n) is 17.8. The molecule has 0 aliphatic heterocycles. The monoisotopic (exact) mass is 466 g/mol. The van der Waals surface area contributed by atoms with Crippen molar-refractivity contribution in [1.29, 1.82) is 0 Å². The molecule has 1 N–H and O–H groups in total. The molecule has 0 radical (unpaired) electrons. The van der Waals surface area contributed by atoms with E-state index in [4.69, 9.17) is 9.47 Å². The average molecular weight is 466 g/mol. The smallest absolute Gasteiger partial charge is 0.301 e. The number of nitro benzene ring substituents is 1. The van der Waals surface area contributed by atoms with Gasteiger partial charge in [-0.25, -0.2) is 4.98 Å². The first-order chi connectivity index (χ1) is 15.9. The van der Waals surface area contributed by atoms with Crippen LogP contribution in [0.15, 0.2) is 62.9 Å². The Morgan fingerprint density at radius 1 is 1.15 bits per heavy atom. The van der Waals surface area contributed by atoms with Gasteiger partial charge in [0, 0.05) is 29.1 Å². The van der Waals surface area contributed by atoms with E-state index in [0.29, 0.717) is 39.3 Å². The Labute approximate surface area is 191 Å². The molecule has 11 nitrogen and oxygen atoms in total. The number of aryl methyl sites for hydroxylation is 1. The zero-order valence-corrected chi connectivity index (χ0v) is 18.6. The van der Waals surface area contributed by atoms with Gasteiger partial charge in [0.2, 0.25) is 5.13 Å². The summed E-state index contributed by atoms with van der Waals surface area (Å²) in [5.41, 5.74) is 1.65. The third-order valence-electron chi connectivity index (χ3n) is 4.72. The molecule has 0 unspecified atom stereocenters. The fourth-order valence-electron chi connectivity index (χ4n) is 3.05. The van der Waals surface area contributed by atoms with Crippen molar-refractivity contribution in [3.8, 4) is 27.9 Å². The van der Waals surface area contributed by atoms with E-state index in [9.17, 15) is 14.9 Å². The maximum atomic E-state index is 13.0. The number of aromatic nitrogens is 3. The number of thiazole rings is 1. The van der Waals surface area contributed by atoms with Gasteiger partial charge in [-0.15, -0.1) is 21.6 Å². The van der Waals surface area contributed by atoms with Crippen molar-refractivity contribution < 1.29 is 14.4 Å². The van der Waals surface area contributed by atoms with Crippen LogP contribution >= 0.6 is 11.3 Å². The summed E-state index contributed by atoms with van der Waals surface area (Å²) in [6.45, 7) is 1.70. The predicted molar refractivity (Wildman–Crippen MR) is 123 cm³/mol. The summed E-state index contributed by atoms with van der Waals surface area (Å²) in [6, 6.07) is 11.2. The fourth-order valence-corrected chi connectivity index (χ4v) is 3.84. The van der Waals surface area contributed by atoms with Crippen LogP contribution < -0.4 is 15.0 Å². The van der Waals surface area contributed by atoms with Gasteiger partial charge in [0.05, 0.1) is 30.5 Å². The molecule has 0 aliphatic rings. The van der Waals surface area contributed by atoms with E-state index in [-0.39, 0.29) is 11.4 Å². The van der Waals surface area contributed by atoms with E-state index in [2.05, 4.69) is 20.3 Å². The Bertz CT molecular complexity index is 1420. The number of aromatic amines is 1. The van der Waals surface area contributed by atoms with Crippen molar-refractivity contribution >= 4 is 28.4 Å². The van der Waals surface area contributed by atoms with Crippen LogP contribution in [0.2, 0.25) is 0 Å². The number of azo groups is 1. The summed E-state index contributed by atoms with van der Waals surface area (Å²) in [6.07, 6.45) is 0. The lowest BCUT2D eigenvalue weighted by Crippen LogP contribution is -2.13. The highest BCUT2D eigenvalue weighted by molar-refractivity contribution is 7.12. The molecule has 0 atom stereocenters. The Morgan fingerprint density at radius 3 is 2.70 bits per heavy atom. The number of nitro groups is 1. The molecule has 33 heavy (non-hydrogen) atoms. The van der Waals surface area contributed by atoms with E-state index >= 15 is 0 Å². The third kappa shape index (κ3) is 4.36. The van der Waals surface area contributed by atoms with Gasteiger partial charge in [-0.1, -0.05) is 12.1 Å². The lowest BCUT2D eigenvalue weighted by atomic mass is 10.1. The van der Waals surface area contributed by atoms with Crippen LogP contribution in [0.4, 0.5) is 17.1 Å². The highest BCUT2D eigenvalue weighted by atomic mass is 32.1. The van der Waals surface area contributed by atoms with E-state index in [0.717, 1.165) is 0 Å².